The number of rotatable bonds is 3. The van der Waals surface area contributed by atoms with Crippen molar-refractivity contribution in [2.75, 3.05) is 4.90 Å². The number of para-hydroxylation sites is 1. The van der Waals surface area contributed by atoms with Crippen molar-refractivity contribution in [3.8, 4) is 0 Å². The molecule has 1 heterocycles. The van der Waals surface area contributed by atoms with Gasteiger partial charge in [-0.25, -0.2) is 4.79 Å². The molecular formula is C15H19N3O3. The number of hydrogen-bond donors (Lipinski definition) is 0. The maximum Gasteiger partial charge on any atom is 0.415 e. The summed E-state index contributed by atoms with van der Waals surface area (Å²) in [7, 11) is 0. The van der Waals surface area contributed by atoms with Gasteiger partial charge >= 0.3 is 6.09 Å². The van der Waals surface area contributed by atoms with Crippen molar-refractivity contribution >= 4 is 11.8 Å². The first-order valence-electron chi connectivity index (χ1n) is 6.70. The van der Waals surface area contributed by atoms with Gasteiger partial charge < -0.3 is 9.26 Å². The minimum Gasteiger partial charge on any atom is -0.443 e. The van der Waals surface area contributed by atoms with Crippen molar-refractivity contribution < 1.29 is 14.1 Å². The molecule has 1 aromatic heterocycles. The number of anilines is 1. The maximum absolute atomic E-state index is 12.4. The quantitative estimate of drug-likeness (QED) is 0.867. The van der Waals surface area contributed by atoms with E-state index in [0.717, 1.165) is 0 Å². The molecule has 6 heteroatoms. The number of ether oxygens (including phenoxy) is 1. The Bertz CT molecular complexity index is 602. The topological polar surface area (TPSA) is 68.5 Å². The Balaban J connectivity index is 2.24. The van der Waals surface area contributed by atoms with E-state index in [1.165, 1.54) is 4.90 Å². The van der Waals surface area contributed by atoms with Crippen LogP contribution in [-0.4, -0.2) is 21.8 Å². The first-order chi connectivity index (χ1) is 9.85. The van der Waals surface area contributed by atoms with Gasteiger partial charge in [-0.1, -0.05) is 23.4 Å². The molecule has 112 valence electrons. The third-order valence-corrected chi connectivity index (χ3v) is 2.54. The number of benzene rings is 1. The maximum atomic E-state index is 12.4. The van der Waals surface area contributed by atoms with Gasteiger partial charge in [0, 0.05) is 5.69 Å². The fourth-order valence-electron chi connectivity index (χ4n) is 1.73. The average molecular weight is 289 g/mol. The van der Waals surface area contributed by atoms with Crippen molar-refractivity contribution in [2.24, 2.45) is 0 Å². The summed E-state index contributed by atoms with van der Waals surface area (Å²) in [5.41, 5.74) is 0.136. The third-order valence-electron chi connectivity index (χ3n) is 2.54. The molecule has 21 heavy (non-hydrogen) atoms. The van der Waals surface area contributed by atoms with Gasteiger partial charge in [-0.05, 0) is 39.8 Å². The average Bonchev–Trinajstić information content (AvgIpc) is 2.80. The number of aryl methyl sites for hydroxylation is 1. The number of nitrogens with zero attached hydrogens (tertiary/aromatic N) is 3. The Hall–Kier alpha value is -2.37. The molecule has 0 spiro atoms. The molecule has 0 unspecified atom stereocenters. The summed E-state index contributed by atoms with van der Waals surface area (Å²) in [5, 5.41) is 3.73. The molecule has 0 N–H and O–H groups in total. The molecule has 1 aromatic carbocycles. The second-order valence-electron chi connectivity index (χ2n) is 5.64. The van der Waals surface area contributed by atoms with E-state index in [2.05, 4.69) is 10.1 Å². The lowest BCUT2D eigenvalue weighted by molar-refractivity contribution is 0.0573. The lowest BCUT2D eigenvalue weighted by Crippen LogP contribution is -2.36. The number of carbonyl (C=O) groups is 1. The van der Waals surface area contributed by atoms with Gasteiger partial charge in [0.25, 0.3) is 0 Å². The Labute approximate surface area is 123 Å². The van der Waals surface area contributed by atoms with E-state index < -0.39 is 11.7 Å². The predicted octanol–water partition coefficient (Wildman–Crippen LogP) is 3.32. The van der Waals surface area contributed by atoms with Crippen LogP contribution >= 0.6 is 0 Å². The van der Waals surface area contributed by atoms with Gasteiger partial charge in [0.15, 0.2) is 5.82 Å². The summed E-state index contributed by atoms with van der Waals surface area (Å²) in [6.07, 6.45) is -0.454. The fraction of sp³-hybridized carbons (Fsp3) is 0.400. The highest BCUT2D eigenvalue weighted by Gasteiger charge is 2.25. The van der Waals surface area contributed by atoms with Crippen LogP contribution in [0.5, 0.6) is 0 Å². The van der Waals surface area contributed by atoms with Crippen LogP contribution in [-0.2, 0) is 11.3 Å². The van der Waals surface area contributed by atoms with Crippen LogP contribution in [0.4, 0.5) is 10.5 Å². The monoisotopic (exact) mass is 289 g/mol. The molecule has 1 amide bonds. The number of amides is 1. The first kappa shape index (κ1) is 15.0. The van der Waals surface area contributed by atoms with Gasteiger partial charge in [0.2, 0.25) is 5.89 Å². The molecule has 0 radical (unpaired) electrons. The Morgan fingerprint density at radius 2 is 1.95 bits per heavy atom. The smallest absolute Gasteiger partial charge is 0.415 e. The molecule has 0 aliphatic carbocycles. The van der Waals surface area contributed by atoms with Gasteiger partial charge in [-0.2, -0.15) is 4.98 Å². The van der Waals surface area contributed by atoms with E-state index >= 15 is 0 Å². The summed E-state index contributed by atoms with van der Waals surface area (Å²) >= 11 is 0. The Kier molecular flexibility index (Phi) is 4.26. The zero-order valence-electron chi connectivity index (χ0n) is 12.7. The summed E-state index contributed by atoms with van der Waals surface area (Å²) < 4.78 is 10.5. The number of aromatic nitrogens is 2. The highest BCUT2D eigenvalue weighted by molar-refractivity contribution is 5.87. The van der Waals surface area contributed by atoms with Gasteiger partial charge in [-0.15, -0.1) is 0 Å². The van der Waals surface area contributed by atoms with Crippen molar-refractivity contribution in [1.29, 1.82) is 0 Å². The molecule has 0 fully saturated rings. The van der Waals surface area contributed by atoms with Gasteiger partial charge in [0.05, 0.1) is 0 Å². The minimum absolute atomic E-state index is 0.166. The number of hydrogen-bond acceptors (Lipinski definition) is 5. The Morgan fingerprint density at radius 3 is 2.48 bits per heavy atom. The van der Waals surface area contributed by atoms with E-state index in [0.29, 0.717) is 17.4 Å². The van der Waals surface area contributed by atoms with Crippen LogP contribution in [0.15, 0.2) is 34.9 Å². The zero-order chi connectivity index (χ0) is 15.5. The Morgan fingerprint density at radius 1 is 1.29 bits per heavy atom. The summed E-state index contributed by atoms with van der Waals surface area (Å²) in [6.45, 7) is 7.37. The summed E-state index contributed by atoms with van der Waals surface area (Å²) in [4.78, 5) is 18.0. The molecule has 0 aliphatic rings. The predicted molar refractivity (Wildman–Crippen MR) is 77.9 cm³/mol. The van der Waals surface area contributed by atoms with Crippen LogP contribution in [0, 0.1) is 6.92 Å². The van der Waals surface area contributed by atoms with Gasteiger partial charge in [0.1, 0.15) is 12.1 Å². The van der Waals surface area contributed by atoms with Crippen molar-refractivity contribution in [2.45, 2.75) is 39.8 Å². The van der Waals surface area contributed by atoms with Crippen LogP contribution in [0.1, 0.15) is 32.5 Å². The largest absolute Gasteiger partial charge is 0.443 e. The van der Waals surface area contributed by atoms with E-state index in [9.17, 15) is 4.79 Å². The zero-order valence-corrected chi connectivity index (χ0v) is 12.7. The molecule has 0 saturated carbocycles. The van der Waals surface area contributed by atoms with Gasteiger partial charge in [-0.3, -0.25) is 4.90 Å². The first-order valence-corrected chi connectivity index (χ1v) is 6.70. The lowest BCUT2D eigenvalue weighted by Gasteiger charge is -2.26. The van der Waals surface area contributed by atoms with E-state index in [4.69, 9.17) is 9.26 Å². The fourth-order valence-corrected chi connectivity index (χ4v) is 1.73. The van der Waals surface area contributed by atoms with Crippen molar-refractivity contribution in [1.82, 2.24) is 10.1 Å². The standard InChI is InChI=1S/C15H19N3O3/c1-11-16-13(21-17-11)10-18(12-8-6-5-7-9-12)14(19)20-15(2,3)4/h5-9H,10H2,1-4H3. The summed E-state index contributed by atoms with van der Waals surface area (Å²) in [6, 6.07) is 9.24. The second kappa shape index (κ2) is 5.95. The van der Waals surface area contributed by atoms with Crippen LogP contribution in [0.3, 0.4) is 0 Å². The highest BCUT2D eigenvalue weighted by atomic mass is 16.6. The highest BCUT2D eigenvalue weighted by Crippen LogP contribution is 2.20. The minimum atomic E-state index is -0.575. The van der Waals surface area contributed by atoms with Crippen molar-refractivity contribution in [3.63, 3.8) is 0 Å². The molecule has 2 rings (SSSR count). The normalized spacial score (nSPS) is 11.2. The van der Waals surface area contributed by atoms with Crippen LogP contribution in [0.2, 0.25) is 0 Å². The van der Waals surface area contributed by atoms with Crippen LogP contribution < -0.4 is 4.90 Å². The van der Waals surface area contributed by atoms with Crippen molar-refractivity contribution in [3.05, 3.63) is 42.0 Å². The molecule has 0 atom stereocenters. The summed E-state index contributed by atoms with van der Waals surface area (Å²) in [5.74, 6) is 0.893. The van der Waals surface area contributed by atoms with E-state index in [1.54, 1.807) is 6.92 Å². The molecule has 0 saturated heterocycles. The second-order valence-corrected chi connectivity index (χ2v) is 5.64. The van der Waals surface area contributed by atoms with Crippen LogP contribution in [0.25, 0.3) is 0 Å². The number of carbonyl (C=O) groups excluding carboxylic acids is 1. The molecular weight excluding hydrogens is 270 g/mol. The molecule has 0 bridgehead atoms. The third kappa shape index (κ3) is 4.30. The molecule has 2 aromatic rings. The van der Waals surface area contributed by atoms with E-state index in [-0.39, 0.29) is 6.54 Å². The molecule has 6 nitrogen and oxygen atoms in total. The SMILES string of the molecule is Cc1noc(CN(C(=O)OC(C)(C)C)c2ccccc2)n1. The van der Waals surface area contributed by atoms with E-state index in [1.807, 2.05) is 51.1 Å². The lowest BCUT2D eigenvalue weighted by atomic mass is 10.2. The molecule has 0 aliphatic heterocycles.